The van der Waals surface area contributed by atoms with Crippen molar-refractivity contribution in [1.82, 2.24) is 15.1 Å². The summed E-state index contributed by atoms with van der Waals surface area (Å²) in [5, 5.41) is 7.21. The van der Waals surface area contributed by atoms with Gasteiger partial charge < -0.3 is 15.5 Å². The topological polar surface area (TPSA) is 103 Å². The zero-order valence-electron chi connectivity index (χ0n) is 14.4. The zero-order chi connectivity index (χ0) is 17.8. The van der Waals surface area contributed by atoms with E-state index in [4.69, 9.17) is 10.2 Å². The third kappa shape index (κ3) is 3.92. The first kappa shape index (κ1) is 17.3. The molecule has 1 amide bonds. The molecule has 3 rings (SSSR count). The second-order valence-electron chi connectivity index (χ2n) is 6.64. The molecule has 0 bridgehead atoms. The van der Waals surface area contributed by atoms with Gasteiger partial charge in [0, 0.05) is 6.54 Å². The molecule has 0 radical (unpaired) electrons. The van der Waals surface area contributed by atoms with Crippen molar-refractivity contribution < 1.29 is 9.21 Å². The maximum atomic E-state index is 12.5. The fourth-order valence-electron chi connectivity index (χ4n) is 3.23. The average molecular weight is 344 g/mol. The van der Waals surface area contributed by atoms with E-state index < -0.39 is 11.6 Å². The van der Waals surface area contributed by atoms with E-state index in [0.29, 0.717) is 23.9 Å². The quantitative estimate of drug-likeness (QED) is 0.866. The largest absolute Gasteiger partial charge is 0.463 e. The van der Waals surface area contributed by atoms with Gasteiger partial charge in [0.05, 0.1) is 6.26 Å². The molecule has 25 heavy (non-hydrogen) atoms. The Bertz CT molecular complexity index is 776. The number of nitrogens with two attached hydrogens (primary N) is 1. The van der Waals surface area contributed by atoms with Crippen LogP contribution in [0.4, 0.5) is 5.69 Å². The predicted octanol–water partition coefficient (Wildman–Crippen LogP) is 2.34. The SMILES string of the molecule is CC(C(=O)NCC1CCCCC1)n1nc(-c2ccco2)cc(N)c1=O. The summed E-state index contributed by atoms with van der Waals surface area (Å²) in [5.74, 6) is 0.792. The Morgan fingerprint density at radius 3 is 2.88 bits per heavy atom. The van der Waals surface area contributed by atoms with Crippen LogP contribution in [0.1, 0.15) is 45.1 Å². The van der Waals surface area contributed by atoms with E-state index in [1.165, 1.54) is 31.6 Å². The third-order valence-corrected chi connectivity index (χ3v) is 4.77. The van der Waals surface area contributed by atoms with Crippen LogP contribution in [0, 0.1) is 5.92 Å². The monoisotopic (exact) mass is 344 g/mol. The number of nitrogens with zero attached hydrogens (tertiary/aromatic N) is 2. The van der Waals surface area contributed by atoms with Gasteiger partial charge in [-0.3, -0.25) is 9.59 Å². The Balaban J connectivity index is 1.75. The number of hydrogen-bond acceptors (Lipinski definition) is 5. The van der Waals surface area contributed by atoms with Crippen molar-refractivity contribution in [2.45, 2.75) is 45.1 Å². The fourth-order valence-corrected chi connectivity index (χ4v) is 3.23. The summed E-state index contributed by atoms with van der Waals surface area (Å²) < 4.78 is 6.43. The van der Waals surface area contributed by atoms with Crippen molar-refractivity contribution in [3.05, 3.63) is 34.8 Å². The summed E-state index contributed by atoms with van der Waals surface area (Å²) in [5.41, 5.74) is 5.79. The van der Waals surface area contributed by atoms with Crippen LogP contribution in [0.25, 0.3) is 11.5 Å². The van der Waals surface area contributed by atoms with E-state index in [-0.39, 0.29) is 11.6 Å². The van der Waals surface area contributed by atoms with Crippen LogP contribution >= 0.6 is 0 Å². The third-order valence-electron chi connectivity index (χ3n) is 4.77. The summed E-state index contributed by atoms with van der Waals surface area (Å²) in [7, 11) is 0. The van der Waals surface area contributed by atoms with Crippen LogP contribution in [-0.4, -0.2) is 22.2 Å². The summed E-state index contributed by atoms with van der Waals surface area (Å²) in [6.07, 6.45) is 7.53. The zero-order valence-corrected chi connectivity index (χ0v) is 14.4. The van der Waals surface area contributed by atoms with Gasteiger partial charge >= 0.3 is 0 Å². The van der Waals surface area contributed by atoms with E-state index in [1.54, 1.807) is 19.1 Å². The molecular formula is C18H24N4O3. The van der Waals surface area contributed by atoms with Gasteiger partial charge in [-0.05, 0) is 43.9 Å². The average Bonchev–Trinajstić information content (AvgIpc) is 3.17. The molecule has 0 aromatic carbocycles. The minimum atomic E-state index is -0.742. The molecule has 7 heteroatoms. The maximum absolute atomic E-state index is 12.5. The first-order valence-electron chi connectivity index (χ1n) is 8.77. The highest BCUT2D eigenvalue weighted by Gasteiger charge is 2.21. The normalized spacial score (nSPS) is 16.5. The lowest BCUT2D eigenvalue weighted by atomic mass is 9.89. The summed E-state index contributed by atoms with van der Waals surface area (Å²) >= 11 is 0. The fraction of sp³-hybridized carbons (Fsp3) is 0.500. The molecule has 1 aliphatic carbocycles. The van der Waals surface area contributed by atoms with Crippen LogP contribution in [0.15, 0.2) is 33.7 Å². The van der Waals surface area contributed by atoms with E-state index in [0.717, 1.165) is 17.5 Å². The molecule has 7 nitrogen and oxygen atoms in total. The summed E-state index contributed by atoms with van der Waals surface area (Å²) in [6, 6.07) is 4.17. The number of nitrogens with one attached hydrogen (secondary N) is 1. The van der Waals surface area contributed by atoms with Crippen molar-refractivity contribution in [3.63, 3.8) is 0 Å². The van der Waals surface area contributed by atoms with Gasteiger partial charge in [0.1, 0.15) is 17.4 Å². The molecule has 134 valence electrons. The maximum Gasteiger partial charge on any atom is 0.290 e. The van der Waals surface area contributed by atoms with Crippen molar-refractivity contribution in [3.8, 4) is 11.5 Å². The van der Waals surface area contributed by atoms with E-state index in [2.05, 4.69) is 10.4 Å². The minimum Gasteiger partial charge on any atom is -0.463 e. The molecule has 1 atom stereocenters. The van der Waals surface area contributed by atoms with Gasteiger partial charge in [0.15, 0.2) is 5.76 Å². The number of carbonyl (C=O) groups excluding carboxylic acids is 1. The minimum absolute atomic E-state index is 0.0355. The van der Waals surface area contributed by atoms with Crippen LogP contribution in [0.3, 0.4) is 0 Å². The van der Waals surface area contributed by atoms with Crippen molar-refractivity contribution in [1.29, 1.82) is 0 Å². The molecule has 1 unspecified atom stereocenters. The van der Waals surface area contributed by atoms with Crippen molar-refractivity contribution >= 4 is 11.6 Å². The summed E-state index contributed by atoms with van der Waals surface area (Å²) in [6.45, 7) is 2.29. The molecule has 2 heterocycles. The van der Waals surface area contributed by atoms with E-state index in [9.17, 15) is 9.59 Å². The van der Waals surface area contributed by atoms with Crippen LogP contribution in [0.5, 0.6) is 0 Å². The molecule has 2 aromatic rings. The molecule has 2 aromatic heterocycles. The molecular weight excluding hydrogens is 320 g/mol. The summed E-state index contributed by atoms with van der Waals surface area (Å²) in [4.78, 5) is 24.8. The molecule has 0 aliphatic heterocycles. The van der Waals surface area contributed by atoms with Crippen LogP contribution in [0.2, 0.25) is 0 Å². The second-order valence-corrected chi connectivity index (χ2v) is 6.64. The van der Waals surface area contributed by atoms with Gasteiger partial charge in [-0.15, -0.1) is 0 Å². The molecule has 3 N–H and O–H groups in total. The van der Waals surface area contributed by atoms with Crippen LogP contribution in [-0.2, 0) is 4.79 Å². The number of anilines is 1. The Morgan fingerprint density at radius 1 is 1.44 bits per heavy atom. The Kier molecular flexibility index (Phi) is 5.21. The lowest BCUT2D eigenvalue weighted by Gasteiger charge is -2.23. The van der Waals surface area contributed by atoms with Crippen molar-refractivity contribution in [2.24, 2.45) is 5.92 Å². The second kappa shape index (κ2) is 7.55. The number of rotatable bonds is 5. The Hall–Kier alpha value is -2.57. The smallest absolute Gasteiger partial charge is 0.290 e. The van der Waals surface area contributed by atoms with Gasteiger partial charge in [-0.1, -0.05) is 19.3 Å². The number of amides is 1. The predicted molar refractivity (Wildman–Crippen MR) is 94.9 cm³/mol. The first-order chi connectivity index (χ1) is 12.1. The molecule has 1 fully saturated rings. The van der Waals surface area contributed by atoms with Crippen molar-refractivity contribution in [2.75, 3.05) is 12.3 Å². The van der Waals surface area contributed by atoms with Gasteiger partial charge in [-0.25, -0.2) is 4.68 Å². The van der Waals surface area contributed by atoms with E-state index >= 15 is 0 Å². The molecule has 0 spiro atoms. The van der Waals surface area contributed by atoms with Gasteiger partial charge in [0.2, 0.25) is 5.91 Å². The van der Waals surface area contributed by atoms with Crippen LogP contribution < -0.4 is 16.6 Å². The highest BCUT2D eigenvalue weighted by molar-refractivity contribution is 5.79. The molecule has 1 saturated carbocycles. The molecule has 0 saturated heterocycles. The van der Waals surface area contributed by atoms with Gasteiger partial charge in [-0.2, -0.15) is 5.10 Å². The van der Waals surface area contributed by atoms with E-state index in [1.807, 2.05) is 0 Å². The standard InChI is InChI=1S/C18H24N4O3/c1-12(17(23)20-11-13-6-3-2-4-7-13)22-18(24)14(19)10-15(21-22)16-8-5-9-25-16/h5,8-10,12-13H,2-4,6-7,11,19H2,1H3,(H,20,23). The highest BCUT2D eigenvalue weighted by Crippen LogP contribution is 2.23. The lowest BCUT2D eigenvalue weighted by molar-refractivity contribution is -0.124. The number of carbonyl (C=O) groups is 1. The lowest BCUT2D eigenvalue weighted by Crippen LogP contribution is -2.39. The number of hydrogen-bond donors (Lipinski definition) is 2. The number of nitrogen functional groups attached to an aromatic ring is 1. The Labute approximate surface area is 146 Å². The molecule has 1 aliphatic rings. The number of furan rings is 1. The number of aromatic nitrogens is 2. The highest BCUT2D eigenvalue weighted by atomic mass is 16.3. The first-order valence-corrected chi connectivity index (χ1v) is 8.77. The van der Waals surface area contributed by atoms with Gasteiger partial charge in [0.25, 0.3) is 5.56 Å². The Morgan fingerprint density at radius 2 is 2.20 bits per heavy atom.